The zero-order chi connectivity index (χ0) is 29.6. The molecular weight excluding hydrogens is 574 g/mol. The average molecular weight is 605 g/mol. The molecule has 2 aromatic heterocycles. The van der Waals surface area contributed by atoms with E-state index < -0.39 is 26.9 Å². The fourth-order valence-corrected chi connectivity index (χ4v) is 6.79. The Labute approximate surface area is 247 Å². The van der Waals surface area contributed by atoms with Crippen LogP contribution in [-0.4, -0.2) is 70.7 Å². The number of imidazole rings is 1. The van der Waals surface area contributed by atoms with Crippen molar-refractivity contribution in [2.75, 3.05) is 37.6 Å². The zero-order valence-corrected chi connectivity index (χ0v) is 24.1. The lowest BCUT2D eigenvalue weighted by atomic mass is 10.0. The number of hydrogen-bond acceptors (Lipinski definition) is 6. The van der Waals surface area contributed by atoms with Crippen molar-refractivity contribution in [2.24, 2.45) is 0 Å². The molecule has 0 radical (unpaired) electrons. The molecule has 222 valence electrons. The Morgan fingerprint density at radius 1 is 0.953 bits per heavy atom. The van der Waals surface area contributed by atoms with Gasteiger partial charge in [-0.05, 0) is 54.3 Å². The van der Waals surface area contributed by atoms with Crippen molar-refractivity contribution in [2.45, 2.75) is 24.6 Å². The molecule has 3 aromatic carbocycles. The summed E-state index contributed by atoms with van der Waals surface area (Å²) in [4.78, 5) is 6.88. The van der Waals surface area contributed by atoms with Crippen molar-refractivity contribution in [1.29, 1.82) is 0 Å². The number of nitrogens with one attached hydrogen (secondary N) is 1. The molecule has 0 atom stereocenters. The van der Waals surface area contributed by atoms with Gasteiger partial charge in [0, 0.05) is 37.0 Å². The van der Waals surface area contributed by atoms with Crippen LogP contribution >= 0.6 is 0 Å². The van der Waals surface area contributed by atoms with Gasteiger partial charge >= 0.3 is 0 Å². The Balaban J connectivity index is 1.22. The molecule has 1 saturated heterocycles. The highest BCUT2D eigenvalue weighted by atomic mass is 32.2. The Hall–Kier alpha value is -4.13. The van der Waals surface area contributed by atoms with Crippen molar-refractivity contribution >= 4 is 26.7 Å². The number of aromatic nitrogens is 4. The predicted octanol–water partition coefficient (Wildman–Crippen LogP) is 5.07. The monoisotopic (exact) mass is 604 g/mol. The Kier molecular flexibility index (Phi) is 7.20. The van der Waals surface area contributed by atoms with E-state index in [2.05, 4.69) is 19.7 Å². The standard InChI is InChI=1S/C31H30F2N6O3S/c32-26-4-2-1-3-25(26)22-16-28(36-43(40,41)24-6-7-24)31(33)30(17-22)39-20-34-27-15-21(5-8-29(27)39)23-18-35-38(19-23)10-9-37-11-13-42-14-12-37/h1-5,8,15-20,24,36H,6-7,9-14H2. The zero-order valence-electron chi connectivity index (χ0n) is 23.3. The van der Waals surface area contributed by atoms with Gasteiger partial charge in [0.1, 0.15) is 12.1 Å². The highest BCUT2D eigenvalue weighted by Gasteiger charge is 2.36. The Morgan fingerprint density at radius 3 is 2.56 bits per heavy atom. The summed E-state index contributed by atoms with van der Waals surface area (Å²) < 4.78 is 67.6. The number of benzene rings is 3. The first-order valence-corrected chi connectivity index (χ1v) is 15.8. The minimum absolute atomic E-state index is 0.0560. The van der Waals surface area contributed by atoms with Crippen molar-refractivity contribution in [3.63, 3.8) is 0 Å². The molecule has 1 N–H and O–H groups in total. The number of sulfonamides is 1. The molecule has 7 rings (SSSR count). The third-order valence-corrected chi connectivity index (χ3v) is 9.83. The topological polar surface area (TPSA) is 94.3 Å². The summed E-state index contributed by atoms with van der Waals surface area (Å²) in [7, 11) is -3.77. The number of halogens is 2. The second-order valence-electron chi connectivity index (χ2n) is 10.9. The van der Waals surface area contributed by atoms with Gasteiger partial charge in [0.15, 0.2) is 5.82 Å². The van der Waals surface area contributed by atoms with E-state index in [0.717, 1.165) is 50.5 Å². The van der Waals surface area contributed by atoms with Gasteiger partial charge in [-0.2, -0.15) is 5.10 Å². The Bertz CT molecular complexity index is 1910. The molecule has 2 aliphatic rings. The molecule has 12 heteroatoms. The largest absolute Gasteiger partial charge is 0.379 e. The van der Waals surface area contributed by atoms with Crippen LogP contribution in [0.3, 0.4) is 0 Å². The van der Waals surface area contributed by atoms with Crippen molar-refractivity contribution in [3.05, 3.63) is 85.0 Å². The fourth-order valence-electron chi connectivity index (χ4n) is 5.41. The normalized spacial score (nSPS) is 16.1. The molecule has 1 aliphatic carbocycles. The molecule has 9 nitrogen and oxygen atoms in total. The number of anilines is 1. The molecule has 1 saturated carbocycles. The van der Waals surface area contributed by atoms with Gasteiger partial charge in [-0.3, -0.25) is 18.9 Å². The van der Waals surface area contributed by atoms with Gasteiger partial charge in [0.05, 0.1) is 53.6 Å². The van der Waals surface area contributed by atoms with Crippen LogP contribution in [0.4, 0.5) is 14.5 Å². The third kappa shape index (κ3) is 5.65. The maximum absolute atomic E-state index is 16.0. The predicted molar refractivity (Wildman–Crippen MR) is 160 cm³/mol. The first-order chi connectivity index (χ1) is 20.9. The number of fused-ring (bicyclic) bond motifs is 1. The summed E-state index contributed by atoms with van der Waals surface area (Å²) in [6, 6.07) is 14.6. The number of nitrogens with zero attached hydrogens (tertiary/aromatic N) is 5. The summed E-state index contributed by atoms with van der Waals surface area (Å²) in [6.45, 7) is 5.01. The van der Waals surface area contributed by atoms with Gasteiger partial charge in [0.2, 0.25) is 10.0 Å². The molecule has 0 unspecified atom stereocenters. The van der Waals surface area contributed by atoms with E-state index in [1.165, 1.54) is 24.5 Å². The van der Waals surface area contributed by atoms with Crippen LogP contribution in [0, 0.1) is 11.6 Å². The molecular formula is C31H30F2N6O3S. The first-order valence-electron chi connectivity index (χ1n) is 14.3. The van der Waals surface area contributed by atoms with Crippen LogP contribution in [0.2, 0.25) is 0 Å². The van der Waals surface area contributed by atoms with E-state index in [1.807, 2.05) is 35.3 Å². The minimum atomic E-state index is -3.77. The average Bonchev–Trinajstić information content (AvgIpc) is 3.65. The van der Waals surface area contributed by atoms with Crippen molar-refractivity contribution in [1.82, 2.24) is 24.2 Å². The summed E-state index contributed by atoms with van der Waals surface area (Å²) >= 11 is 0. The molecule has 0 bridgehead atoms. The van der Waals surface area contributed by atoms with E-state index in [4.69, 9.17) is 4.74 Å². The van der Waals surface area contributed by atoms with E-state index >= 15 is 4.39 Å². The van der Waals surface area contributed by atoms with E-state index in [0.29, 0.717) is 29.4 Å². The molecule has 2 fully saturated rings. The number of ether oxygens (including phenoxy) is 1. The number of hydrogen-bond donors (Lipinski definition) is 1. The maximum Gasteiger partial charge on any atom is 0.235 e. The minimum Gasteiger partial charge on any atom is -0.379 e. The van der Waals surface area contributed by atoms with Gasteiger partial charge in [-0.1, -0.05) is 24.3 Å². The maximum atomic E-state index is 16.0. The van der Waals surface area contributed by atoms with Crippen LogP contribution in [0.25, 0.3) is 39.0 Å². The number of morpholine rings is 1. The smallest absolute Gasteiger partial charge is 0.235 e. The lowest BCUT2D eigenvalue weighted by Gasteiger charge is -2.26. The number of rotatable bonds is 9. The van der Waals surface area contributed by atoms with Crippen molar-refractivity contribution < 1.29 is 21.9 Å². The van der Waals surface area contributed by atoms with Crippen LogP contribution in [-0.2, 0) is 21.3 Å². The SMILES string of the molecule is O=S(=O)(Nc1cc(-c2ccccc2F)cc(-n2cnc3cc(-c4cnn(CCN5CCOCC5)c4)ccc32)c1F)C1CC1. The summed E-state index contributed by atoms with van der Waals surface area (Å²) in [5.74, 6) is -1.27. The molecule has 1 aliphatic heterocycles. The summed E-state index contributed by atoms with van der Waals surface area (Å²) in [5, 5.41) is 3.97. The van der Waals surface area contributed by atoms with E-state index in [9.17, 15) is 12.8 Å². The highest BCUT2D eigenvalue weighted by molar-refractivity contribution is 7.93. The lowest BCUT2D eigenvalue weighted by Crippen LogP contribution is -2.38. The second-order valence-corrected chi connectivity index (χ2v) is 12.9. The third-order valence-electron chi connectivity index (χ3n) is 7.98. The fraction of sp³-hybridized carbons (Fsp3) is 0.290. The first kappa shape index (κ1) is 27.7. The van der Waals surface area contributed by atoms with E-state index in [-0.39, 0.29) is 16.9 Å². The van der Waals surface area contributed by atoms with Gasteiger partial charge < -0.3 is 4.74 Å². The van der Waals surface area contributed by atoms with E-state index in [1.54, 1.807) is 22.8 Å². The molecule has 0 spiro atoms. The molecule has 5 aromatic rings. The van der Waals surface area contributed by atoms with Crippen LogP contribution in [0.5, 0.6) is 0 Å². The molecule has 0 amide bonds. The Morgan fingerprint density at radius 2 is 1.77 bits per heavy atom. The van der Waals surface area contributed by atoms with Crippen molar-refractivity contribution in [3.8, 4) is 27.9 Å². The molecule has 3 heterocycles. The van der Waals surface area contributed by atoms with Crippen LogP contribution < -0.4 is 4.72 Å². The lowest BCUT2D eigenvalue weighted by molar-refractivity contribution is 0.0360. The van der Waals surface area contributed by atoms with Gasteiger partial charge in [0.25, 0.3) is 0 Å². The van der Waals surface area contributed by atoms with Crippen LogP contribution in [0.15, 0.2) is 73.3 Å². The second kappa shape index (κ2) is 11.2. The van der Waals surface area contributed by atoms with Crippen LogP contribution in [0.1, 0.15) is 12.8 Å². The quantitative estimate of drug-likeness (QED) is 0.253. The van der Waals surface area contributed by atoms with Gasteiger partial charge in [-0.15, -0.1) is 0 Å². The summed E-state index contributed by atoms with van der Waals surface area (Å²) in [6.07, 6.45) is 6.35. The highest BCUT2D eigenvalue weighted by Crippen LogP contribution is 2.36. The molecule has 43 heavy (non-hydrogen) atoms. The summed E-state index contributed by atoms with van der Waals surface area (Å²) in [5.41, 5.74) is 3.47. The van der Waals surface area contributed by atoms with Gasteiger partial charge in [-0.25, -0.2) is 22.2 Å².